The number of benzene rings is 1. The number of hydrogen-bond acceptors (Lipinski definition) is 5. The number of para-hydroxylation sites is 1. The van der Waals surface area contributed by atoms with Crippen LogP contribution in [0.3, 0.4) is 0 Å². The number of nitrogens with one attached hydrogen (secondary N) is 1. The average molecular weight is 285 g/mol. The van der Waals surface area contributed by atoms with Crippen molar-refractivity contribution in [2.75, 3.05) is 11.1 Å². The molecule has 5 nitrogen and oxygen atoms in total. The van der Waals surface area contributed by atoms with Crippen LogP contribution in [0.15, 0.2) is 42.0 Å². The van der Waals surface area contributed by atoms with Gasteiger partial charge in [0.1, 0.15) is 6.33 Å². The molecule has 20 heavy (non-hydrogen) atoms. The van der Waals surface area contributed by atoms with Gasteiger partial charge in [-0.15, -0.1) is 21.5 Å². The Morgan fingerprint density at radius 3 is 2.85 bits per heavy atom. The van der Waals surface area contributed by atoms with Crippen LogP contribution in [0.4, 0.5) is 11.4 Å². The molecule has 102 valence electrons. The van der Waals surface area contributed by atoms with E-state index in [1.165, 1.54) is 0 Å². The van der Waals surface area contributed by atoms with Crippen molar-refractivity contribution in [2.45, 2.75) is 6.54 Å². The van der Waals surface area contributed by atoms with Crippen molar-refractivity contribution in [1.29, 1.82) is 0 Å². The van der Waals surface area contributed by atoms with Crippen LogP contribution in [0.1, 0.15) is 4.88 Å². The van der Waals surface area contributed by atoms with E-state index in [2.05, 4.69) is 15.5 Å². The van der Waals surface area contributed by atoms with Crippen molar-refractivity contribution in [3.63, 3.8) is 0 Å². The van der Waals surface area contributed by atoms with Gasteiger partial charge < -0.3 is 15.6 Å². The zero-order chi connectivity index (χ0) is 13.9. The molecular formula is C14H15N5S. The van der Waals surface area contributed by atoms with Gasteiger partial charge in [-0.05, 0) is 23.6 Å². The maximum atomic E-state index is 5.91. The molecule has 6 heteroatoms. The van der Waals surface area contributed by atoms with Crippen LogP contribution in [0.2, 0.25) is 0 Å². The lowest BCUT2D eigenvalue weighted by atomic mass is 10.1. The number of hydrogen-bond donors (Lipinski definition) is 2. The van der Waals surface area contributed by atoms with Crippen molar-refractivity contribution in [3.8, 4) is 11.4 Å². The summed E-state index contributed by atoms with van der Waals surface area (Å²) in [5.74, 6) is 0.840. The van der Waals surface area contributed by atoms with E-state index in [4.69, 9.17) is 5.73 Å². The summed E-state index contributed by atoms with van der Waals surface area (Å²) in [6.45, 7) is 0.707. The van der Waals surface area contributed by atoms with E-state index in [-0.39, 0.29) is 0 Å². The number of rotatable bonds is 4. The molecule has 2 aromatic heterocycles. The Bertz CT molecular complexity index is 716. The molecule has 0 spiro atoms. The summed E-state index contributed by atoms with van der Waals surface area (Å²) in [7, 11) is 1.93. The van der Waals surface area contributed by atoms with E-state index in [1.807, 2.05) is 47.3 Å². The fraction of sp³-hybridized carbons (Fsp3) is 0.143. The highest BCUT2D eigenvalue weighted by molar-refractivity contribution is 7.10. The topological polar surface area (TPSA) is 68.8 Å². The summed E-state index contributed by atoms with van der Waals surface area (Å²) in [4.78, 5) is 1.14. The number of nitrogens with two attached hydrogens (primary N) is 1. The van der Waals surface area contributed by atoms with Gasteiger partial charge in [0.15, 0.2) is 5.82 Å². The lowest BCUT2D eigenvalue weighted by Crippen LogP contribution is -2.02. The molecule has 2 heterocycles. The first kappa shape index (κ1) is 12.7. The Morgan fingerprint density at radius 1 is 1.30 bits per heavy atom. The maximum Gasteiger partial charge on any atom is 0.165 e. The first-order chi connectivity index (χ1) is 9.75. The highest BCUT2D eigenvalue weighted by Gasteiger charge is 2.10. The van der Waals surface area contributed by atoms with E-state index in [9.17, 15) is 0 Å². The summed E-state index contributed by atoms with van der Waals surface area (Å²) in [5, 5.41) is 13.5. The Labute approximate surface area is 121 Å². The van der Waals surface area contributed by atoms with Crippen LogP contribution in [0.25, 0.3) is 11.4 Å². The predicted molar refractivity (Wildman–Crippen MR) is 82.5 cm³/mol. The van der Waals surface area contributed by atoms with E-state index in [0.717, 1.165) is 27.6 Å². The summed E-state index contributed by atoms with van der Waals surface area (Å²) < 4.78 is 1.90. The Balaban J connectivity index is 1.87. The lowest BCUT2D eigenvalue weighted by molar-refractivity contribution is 0.919. The van der Waals surface area contributed by atoms with Crippen molar-refractivity contribution in [3.05, 3.63) is 46.9 Å². The quantitative estimate of drug-likeness (QED) is 0.773. The van der Waals surface area contributed by atoms with Crippen LogP contribution < -0.4 is 11.1 Å². The second-order valence-electron chi connectivity index (χ2n) is 4.46. The molecule has 0 aliphatic heterocycles. The third-order valence-corrected chi connectivity index (χ3v) is 4.04. The molecule has 0 amide bonds. The number of nitrogens with zero attached hydrogens (tertiary/aromatic N) is 3. The van der Waals surface area contributed by atoms with Crippen LogP contribution in [-0.4, -0.2) is 14.8 Å². The van der Waals surface area contributed by atoms with Gasteiger partial charge in [0.05, 0.1) is 6.54 Å². The van der Waals surface area contributed by atoms with Gasteiger partial charge in [-0.1, -0.05) is 12.1 Å². The number of thiophene rings is 1. The smallest absolute Gasteiger partial charge is 0.165 e. The largest absolute Gasteiger partial charge is 0.398 e. The fourth-order valence-electron chi connectivity index (χ4n) is 2.03. The SMILES string of the molecule is Cn1cnnc1-c1ccccc1NCc1sccc1N. The third-order valence-electron chi connectivity index (χ3n) is 3.10. The Kier molecular flexibility index (Phi) is 3.39. The Hall–Kier alpha value is -2.34. The molecule has 3 N–H and O–H groups in total. The predicted octanol–water partition coefficient (Wildman–Crippen LogP) is 2.74. The highest BCUT2D eigenvalue weighted by atomic mass is 32.1. The van der Waals surface area contributed by atoms with Gasteiger partial charge in [-0.3, -0.25) is 0 Å². The number of anilines is 2. The Morgan fingerprint density at radius 2 is 2.15 bits per heavy atom. The van der Waals surface area contributed by atoms with Crippen molar-refractivity contribution in [2.24, 2.45) is 7.05 Å². The van der Waals surface area contributed by atoms with Crippen molar-refractivity contribution < 1.29 is 0 Å². The maximum absolute atomic E-state index is 5.91. The van der Waals surface area contributed by atoms with Crippen LogP contribution >= 0.6 is 11.3 Å². The summed E-state index contributed by atoms with van der Waals surface area (Å²) in [6.07, 6.45) is 1.70. The van der Waals surface area contributed by atoms with Crippen molar-refractivity contribution in [1.82, 2.24) is 14.8 Å². The summed E-state index contributed by atoms with van der Waals surface area (Å²) in [6, 6.07) is 9.99. The monoisotopic (exact) mass is 285 g/mol. The van der Waals surface area contributed by atoms with Gasteiger partial charge >= 0.3 is 0 Å². The second kappa shape index (κ2) is 5.34. The first-order valence-electron chi connectivity index (χ1n) is 6.25. The number of aromatic nitrogens is 3. The molecule has 0 saturated heterocycles. The second-order valence-corrected chi connectivity index (χ2v) is 5.46. The molecule has 0 unspecified atom stereocenters. The molecule has 0 saturated carbocycles. The van der Waals surface area contributed by atoms with Crippen molar-refractivity contribution >= 4 is 22.7 Å². The van der Waals surface area contributed by atoms with Crippen LogP contribution in [-0.2, 0) is 13.6 Å². The van der Waals surface area contributed by atoms with Crippen LogP contribution in [0.5, 0.6) is 0 Å². The molecule has 1 aromatic carbocycles. The number of aryl methyl sites for hydroxylation is 1. The van der Waals surface area contributed by atoms with Gasteiger partial charge in [-0.25, -0.2) is 0 Å². The van der Waals surface area contributed by atoms with E-state index >= 15 is 0 Å². The standard InChI is InChI=1S/C14H15N5S/c1-19-9-17-18-14(19)10-4-2-3-5-12(10)16-8-13-11(15)6-7-20-13/h2-7,9,16H,8,15H2,1H3. The van der Waals surface area contributed by atoms with E-state index in [1.54, 1.807) is 17.7 Å². The molecule has 0 atom stereocenters. The normalized spacial score (nSPS) is 10.7. The molecule has 0 fully saturated rings. The third kappa shape index (κ3) is 2.37. The summed E-state index contributed by atoms with van der Waals surface area (Å²) in [5.41, 5.74) is 8.79. The molecule has 0 aliphatic rings. The zero-order valence-electron chi connectivity index (χ0n) is 11.1. The lowest BCUT2D eigenvalue weighted by Gasteiger charge is -2.11. The molecule has 0 aliphatic carbocycles. The first-order valence-corrected chi connectivity index (χ1v) is 7.13. The molecule has 3 rings (SSSR count). The minimum Gasteiger partial charge on any atom is -0.398 e. The highest BCUT2D eigenvalue weighted by Crippen LogP contribution is 2.27. The molecular weight excluding hydrogens is 270 g/mol. The summed E-state index contributed by atoms with van der Waals surface area (Å²) >= 11 is 1.65. The van der Waals surface area contributed by atoms with Crippen LogP contribution in [0, 0.1) is 0 Å². The van der Waals surface area contributed by atoms with Gasteiger partial charge in [0.2, 0.25) is 0 Å². The van der Waals surface area contributed by atoms with Gasteiger partial charge in [0, 0.05) is 28.9 Å². The molecule has 3 aromatic rings. The minimum absolute atomic E-state index is 0.707. The molecule has 0 bridgehead atoms. The van der Waals surface area contributed by atoms with E-state index < -0.39 is 0 Å². The fourth-order valence-corrected chi connectivity index (χ4v) is 2.77. The van der Waals surface area contributed by atoms with Gasteiger partial charge in [-0.2, -0.15) is 0 Å². The number of nitrogen functional groups attached to an aromatic ring is 1. The zero-order valence-corrected chi connectivity index (χ0v) is 11.9. The molecule has 0 radical (unpaired) electrons. The minimum atomic E-state index is 0.707. The van der Waals surface area contributed by atoms with Gasteiger partial charge in [0.25, 0.3) is 0 Å². The van der Waals surface area contributed by atoms with E-state index in [0.29, 0.717) is 6.54 Å². The average Bonchev–Trinajstić information content (AvgIpc) is 3.06.